The lowest BCUT2D eigenvalue weighted by Crippen LogP contribution is -2.41. The Labute approximate surface area is 118 Å². The maximum absolute atomic E-state index is 6.07. The van der Waals surface area contributed by atoms with Gasteiger partial charge >= 0.3 is 0 Å². The molecule has 2 aromatic rings. The standard InChI is InChI=1S/C16H21NOS/c1-3-17-15(16(2)9-6-10-18-16)13-11-19-14-8-5-4-7-12(13)14/h4-5,7-8,11,15,17H,3,6,9-10H2,1-2H3. The maximum atomic E-state index is 6.07. The number of hydrogen-bond donors (Lipinski definition) is 1. The molecule has 2 atom stereocenters. The lowest BCUT2D eigenvalue weighted by Gasteiger charge is -2.34. The second-order valence-electron chi connectivity index (χ2n) is 5.44. The molecule has 3 rings (SSSR count). The van der Waals surface area contributed by atoms with Gasteiger partial charge in [0.2, 0.25) is 0 Å². The molecule has 1 aromatic carbocycles. The highest BCUT2D eigenvalue weighted by Gasteiger charge is 2.39. The van der Waals surface area contributed by atoms with E-state index in [2.05, 4.69) is 48.8 Å². The van der Waals surface area contributed by atoms with Crippen molar-refractivity contribution in [3.05, 3.63) is 35.2 Å². The van der Waals surface area contributed by atoms with Crippen molar-refractivity contribution < 1.29 is 4.74 Å². The quantitative estimate of drug-likeness (QED) is 0.906. The van der Waals surface area contributed by atoms with Crippen LogP contribution in [0.4, 0.5) is 0 Å². The van der Waals surface area contributed by atoms with Gasteiger partial charge in [0, 0.05) is 11.3 Å². The predicted octanol–water partition coefficient (Wildman–Crippen LogP) is 4.12. The van der Waals surface area contributed by atoms with Crippen LogP contribution in [0.5, 0.6) is 0 Å². The van der Waals surface area contributed by atoms with Crippen LogP contribution in [-0.2, 0) is 4.74 Å². The normalized spacial score (nSPS) is 24.9. The fraction of sp³-hybridized carbons (Fsp3) is 0.500. The molecule has 3 heteroatoms. The topological polar surface area (TPSA) is 21.3 Å². The van der Waals surface area contributed by atoms with E-state index < -0.39 is 0 Å². The van der Waals surface area contributed by atoms with E-state index in [0.717, 1.165) is 19.6 Å². The van der Waals surface area contributed by atoms with Crippen LogP contribution in [0.1, 0.15) is 38.3 Å². The van der Waals surface area contributed by atoms with Gasteiger partial charge in [-0.15, -0.1) is 11.3 Å². The minimum Gasteiger partial charge on any atom is -0.373 e. The van der Waals surface area contributed by atoms with Gasteiger partial charge in [0.25, 0.3) is 0 Å². The van der Waals surface area contributed by atoms with Gasteiger partial charge in [-0.1, -0.05) is 25.1 Å². The Bertz CT molecular complexity index is 557. The number of hydrogen-bond acceptors (Lipinski definition) is 3. The minimum absolute atomic E-state index is 0.0696. The van der Waals surface area contributed by atoms with E-state index in [1.807, 2.05) is 11.3 Å². The summed E-state index contributed by atoms with van der Waals surface area (Å²) in [6.45, 7) is 6.27. The van der Waals surface area contributed by atoms with Crippen LogP contribution in [0.3, 0.4) is 0 Å². The molecule has 2 heterocycles. The first-order chi connectivity index (χ1) is 9.24. The molecule has 0 aliphatic carbocycles. The molecule has 0 amide bonds. The van der Waals surface area contributed by atoms with Crippen molar-refractivity contribution in [3.63, 3.8) is 0 Å². The summed E-state index contributed by atoms with van der Waals surface area (Å²) in [5.74, 6) is 0. The summed E-state index contributed by atoms with van der Waals surface area (Å²) in [5.41, 5.74) is 1.33. The van der Waals surface area contributed by atoms with Crippen LogP contribution in [0.2, 0.25) is 0 Å². The first-order valence-corrected chi connectivity index (χ1v) is 7.96. The maximum Gasteiger partial charge on any atom is 0.0849 e. The van der Waals surface area contributed by atoms with E-state index in [1.54, 1.807) is 0 Å². The highest BCUT2D eigenvalue weighted by atomic mass is 32.1. The summed E-state index contributed by atoms with van der Waals surface area (Å²) in [6, 6.07) is 8.95. The van der Waals surface area contributed by atoms with Gasteiger partial charge in [-0.05, 0) is 48.7 Å². The summed E-state index contributed by atoms with van der Waals surface area (Å²) in [6.07, 6.45) is 2.30. The van der Waals surface area contributed by atoms with E-state index in [1.165, 1.54) is 22.1 Å². The zero-order chi connectivity index (χ0) is 13.3. The Morgan fingerprint density at radius 2 is 2.26 bits per heavy atom. The summed E-state index contributed by atoms with van der Waals surface area (Å²) < 4.78 is 7.43. The molecule has 1 aromatic heterocycles. The van der Waals surface area contributed by atoms with E-state index in [9.17, 15) is 0 Å². The number of likely N-dealkylation sites (N-methyl/N-ethyl adjacent to an activating group) is 1. The fourth-order valence-electron chi connectivity index (χ4n) is 3.11. The molecule has 1 fully saturated rings. The molecule has 19 heavy (non-hydrogen) atoms. The lowest BCUT2D eigenvalue weighted by molar-refractivity contribution is -0.0116. The van der Waals surface area contributed by atoms with Gasteiger partial charge in [0.15, 0.2) is 0 Å². The fourth-order valence-corrected chi connectivity index (χ4v) is 4.10. The van der Waals surface area contributed by atoms with Crippen molar-refractivity contribution in [1.29, 1.82) is 0 Å². The average molecular weight is 275 g/mol. The van der Waals surface area contributed by atoms with Gasteiger partial charge in [-0.25, -0.2) is 0 Å². The zero-order valence-corrected chi connectivity index (χ0v) is 12.4. The SMILES string of the molecule is CCNC(c1csc2ccccc12)C1(C)CCCO1. The number of thiophene rings is 1. The molecule has 2 nitrogen and oxygen atoms in total. The number of benzene rings is 1. The molecule has 1 aliphatic heterocycles. The van der Waals surface area contributed by atoms with Crippen LogP contribution in [0, 0.1) is 0 Å². The number of ether oxygens (including phenoxy) is 1. The first-order valence-electron chi connectivity index (χ1n) is 7.08. The van der Waals surface area contributed by atoms with Crippen molar-refractivity contribution in [2.75, 3.05) is 13.2 Å². The Balaban J connectivity index is 2.04. The van der Waals surface area contributed by atoms with Crippen LogP contribution in [0.25, 0.3) is 10.1 Å². The van der Waals surface area contributed by atoms with Crippen LogP contribution in [-0.4, -0.2) is 18.8 Å². The van der Waals surface area contributed by atoms with Gasteiger partial charge < -0.3 is 10.1 Å². The highest BCUT2D eigenvalue weighted by Crippen LogP contribution is 2.41. The van der Waals surface area contributed by atoms with Gasteiger partial charge in [0.05, 0.1) is 11.6 Å². The molecule has 1 saturated heterocycles. The summed E-state index contributed by atoms with van der Waals surface area (Å²) in [7, 11) is 0. The Morgan fingerprint density at radius 1 is 1.42 bits per heavy atom. The molecule has 1 N–H and O–H groups in total. The zero-order valence-electron chi connectivity index (χ0n) is 11.6. The van der Waals surface area contributed by atoms with E-state index in [0.29, 0.717) is 0 Å². The monoisotopic (exact) mass is 275 g/mol. The van der Waals surface area contributed by atoms with Crippen LogP contribution >= 0.6 is 11.3 Å². The Morgan fingerprint density at radius 3 is 3.00 bits per heavy atom. The summed E-state index contributed by atoms with van der Waals surface area (Å²) >= 11 is 1.83. The number of rotatable bonds is 4. The van der Waals surface area contributed by atoms with E-state index >= 15 is 0 Å². The minimum atomic E-state index is -0.0696. The smallest absolute Gasteiger partial charge is 0.0849 e. The Hall–Kier alpha value is -0.900. The molecular weight excluding hydrogens is 254 g/mol. The molecular formula is C16H21NOS. The van der Waals surface area contributed by atoms with Crippen molar-refractivity contribution in [1.82, 2.24) is 5.32 Å². The van der Waals surface area contributed by atoms with Gasteiger partial charge in [0.1, 0.15) is 0 Å². The first kappa shape index (κ1) is 13.1. The van der Waals surface area contributed by atoms with E-state index in [-0.39, 0.29) is 11.6 Å². The van der Waals surface area contributed by atoms with Crippen LogP contribution < -0.4 is 5.32 Å². The van der Waals surface area contributed by atoms with Gasteiger partial charge in [-0.2, -0.15) is 0 Å². The molecule has 0 spiro atoms. The second-order valence-corrected chi connectivity index (χ2v) is 6.35. The molecule has 0 bridgehead atoms. The lowest BCUT2D eigenvalue weighted by atomic mass is 9.87. The largest absolute Gasteiger partial charge is 0.373 e. The predicted molar refractivity (Wildman–Crippen MR) is 81.8 cm³/mol. The van der Waals surface area contributed by atoms with Gasteiger partial charge in [-0.3, -0.25) is 0 Å². The van der Waals surface area contributed by atoms with Crippen molar-refractivity contribution in [2.45, 2.75) is 38.3 Å². The third-order valence-electron chi connectivity index (χ3n) is 4.09. The number of nitrogens with one attached hydrogen (secondary N) is 1. The molecule has 2 unspecified atom stereocenters. The van der Waals surface area contributed by atoms with E-state index in [4.69, 9.17) is 4.74 Å². The number of fused-ring (bicyclic) bond motifs is 1. The van der Waals surface area contributed by atoms with Crippen LogP contribution in [0.15, 0.2) is 29.6 Å². The second kappa shape index (κ2) is 5.23. The third kappa shape index (κ3) is 2.31. The molecule has 102 valence electrons. The Kier molecular flexibility index (Phi) is 3.61. The molecule has 1 aliphatic rings. The third-order valence-corrected chi connectivity index (χ3v) is 5.07. The summed E-state index contributed by atoms with van der Waals surface area (Å²) in [5, 5.41) is 7.31. The summed E-state index contributed by atoms with van der Waals surface area (Å²) in [4.78, 5) is 0. The van der Waals surface area contributed by atoms with Crippen molar-refractivity contribution in [2.24, 2.45) is 0 Å². The highest BCUT2D eigenvalue weighted by molar-refractivity contribution is 7.17. The molecule has 0 saturated carbocycles. The van der Waals surface area contributed by atoms with Crippen molar-refractivity contribution in [3.8, 4) is 0 Å². The average Bonchev–Trinajstić information content (AvgIpc) is 3.03. The van der Waals surface area contributed by atoms with Crippen molar-refractivity contribution >= 4 is 21.4 Å². The molecule has 0 radical (unpaired) electrons.